The van der Waals surface area contributed by atoms with E-state index in [1.165, 1.54) is 8.61 Å². The Morgan fingerprint density at radius 2 is 2.13 bits per heavy atom. The summed E-state index contributed by atoms with van der Waals surface area (Å²) in [6, 6.07) is 3.38. The van der Waals surface area contributed by atoms with E-state index in [1.807, 2.05) is 0 Å². The largest absolute Gasteiger partial charge is 0.384 e. The molecule has 7 heteroatoms. The van der Waals surface area contributed by atoms with Crippen molar-refractivity contribution >= 4 is 15.9 Å². The van der Waals surface area contributed by atoms with E-state index in [0.717, 1.165) is 6.42 Å². The van der Waals surface area contributed by atoms with Crippen LogP contribution in [0.25, 0.3) is 0 Å². The lowest BCUT2D eigenvalue weighted by Crippen LogP contribution is -2.45. The van der Waals surface area contributed by atoms with Crippen LogP contribution in [0.3, 0.4) is 0 Å². The molecule has 0 saturated carbocycles. The van der Waals surface area contributed by atoms with Gasteiger partial charge in [0.25, 0.3) is 0 Å². The summed E-state index contributed by atoms with van der Waals surface area (Å²) in [7, 11) is -1.98. The third kappa shape index (κ3) is 2.97. The zero-order valence-electron chi connectivity index (χ0n) is 13.6. The molecule has 0 radical (unpaired) electrons. The molecule has 0 bridgehead atoms. The molecule has 0 aromatic heterocycles. The molecule has 1 saturated heterocycles. The van der Waals surface area contributed by atoms with Gasteiger partial charge in [-0.05, 0) is 43.7 Å². The number of methoxy groups -OCH3 is 1. The SMILES string of the molecule is COCC1CCN(S(=O)(=O)N2CCCc3c2ccc(C)c3F)C1. The standard InChI is InChI=1S/C16H23FN2O3S/c1-12-5-6-15-14(16(12)17)4-3-8-19(15)23(20,21)18-9-7-13(10-18)11-22-2/h5-6,13H,3-4,7-11H2,1-2H3. The fraction of sp³-hybridized carbons (Fsp3) is 0.625. The first kappa shape index (κ1) is 16.7. The van der Waals surface area contributed by atoms with Gasteiger partial charge in [-0.25, -0.2) is 4.39 Å². The van der Waals surface area contributed by atoms with Crippen molar-refractivity contribution in [3.63, 3.8) is 0 Å². The van der Waals surface area contributed by atoms with Crippen molar-refractivity contribution in [1.82, 2.24) is 4.31 Å². The Balaban J connectivity index is 1.90. The number of fused-ring (bicyclic) bond motifs is 1. The van der Waals surface area contributed by atoms with Crippen molar-refractivity contribution in [3.8, 4) is 0 Å². The summed E-state index contributed by atoms with van der Waals surface area (Å²) in [6.45, 7) is 3.64. The maximum atomic E-state index is 14.3. The van der Waals surface area contributed by atoms with Gasteiger partial charge < -0.3 is 4.74 Å². The van der Waals surface area contributed by atoms with Crippen LogP contribution >= 0.6 is 0 Å². The average Bonchev–Trinajstić information content (AvgIpc) is 3.00. The average molecular weight is 342 g/mol. The molecule has 1 aromatic carbocycles. The monoisotopic (exact) mass is 342 g/mol. The molecular formula is C16H23FN2O3S. The van der Waals surface area contributed by atoms with E-state index in [-0.39, 0.29) is 11.7 Å². The Morgan fingerprint density at radius 3 is 2.87 bits per heavy atom. The van der Waals surface area contributed by atoms with Gasteiger partial charge in [0, 0.05) is 32.3 Å². The molecule has 0 amide bonds. The Bertz CT molecular complexity index is 693. The Morgan fingerprint density at radius 1 is 1.35 bits per heavy atom. The van der Waals surface area contributed by atoms with Gasteiger partial charge in [0.15, 0.2) is 0 Å². The van der Waals surface area contributed by atoms with Crippen LogP contribution in [0.2, 0.25) is 0 Å². The number of aryl methyl sites for hydroxylation is 1. The second-order valence-electron chi connectivity index (χ2n) is 6.35. The molecule has 5 nitrogen and oxygen atoms in total. The number of rotatable bonds is 4. The fourth-order valence-electron chi connectivity index (χ4n) is 3.48. The molecule has 3 rings (SSSR count). The molecule has 1 unspecified atom stereocenters. The van der Waals surface area contributed by atoms with Crippen molar-refractivity contribution in [3.05, 3.63) is 29.1 Å². The van der Waals surface area contributed by atoms with Gasteiger partial charge in [-0.15, -0.1) is 0 Å². The van der Waals surface area contributed by atoms with Gasteiger partial charge in [0.2, 0.25) is 0 Å². The minimum Gasteiger partial charge on any atom is -0.384 e. The van der Waals surface area contributed by atoms with E-state index < -0.39 is 10.2 Å². The number of hydrogen-bond donors (Lipinski definition) is 0. The molecule has 128 valence electrons. The molecule has 0 spiro atoms. The quantitative estimate of drug-likeness (QED) is 0.842. The van der Waals surface area contributed by atoms with Crippen LogP contribution in [0.5, 0.6) is 0 Å². The summed E-state index contributed by atoms with van der Waals surface area (Å²) >= 11 is 0. The van der Waals surface area contributed by atoms with Crippen LogP contribution < -0.4 is 4.31 Å². The van der Waals surface area contributed by atoms with E-state index in [9.17, 15) is 12.8 Å². The Hall–Kier alpha value is -1.18. The summed E-state index contributed by atoms with van der Waals surface area (Å²) in [6.07, 6.45) is 2.03. The van der Waals surface area contributed by atoms with E-state index in [4.69, 9.17) is 4.74 Å². The number of benzene rings is 1. The van der Waals surface area contributed by atoms with E-state index in [1.54, 1.807) is 26.2 Å². The Kier molecular flexibility index (Phi) is 4.62. The number of nitrogens with zero attached hydrogens (tertiary/aromatic N) is 2. The second-order valence-corrected chi connectivity index (χ2v) is 8.20. The van der Waals surface area contributed by atoms with Crippen LogP contribution in [0, 0.1) is 18.7 Å². The van der Waals surface area contributed by atoms with E-state index in [0.29, 0.717) is 55.9 Å². The van der Waals surface area contributed by atoms with Gasteiger partial charge in [0.05, 0.1) is 12.3 Å². The lowest BCUT2D eigenvalue weighted by Gasteiger charge is -2.34. The first-order chi connectivity index (χ1) is 10.9. The van der Waals surface area contributed by atoms with Crippen LogP contribution in [-0.4, -0.2) is 46.1 Å². The van der Waals surface area contributed by atoms with Crippen molar-refractivity contribution in [2.75, 3.05) is 37.7 Å². The van der Waals surface area contributed by atoms with Gasteiger partial charge >= 0.3 is 10.2 Å². The number of hydrogen-bond acceptors (Lipinski definition) is 3. The smallest absolute Gasteiger partial charge is 0.304 e. The molecule has 2 aliphatic rings. The van der Waals surface area contributed by atoms with Crippen molar-refractivity contribution < 1.29 is 17.5 Å². The lowest BCUT2D eigenvalue weighted by atomic mass is 10.0. The van der Waals surface area contributed by atoms with Crippen molar-refractivity contribution in [2.24, 2.45) is 5.92 Å². The van der Waals surface area contributed by atoms with Crippen molar-refractivity contribution in [1.29, 1.82) is 0 Å². The topological polar surface area (TPSA) is 49.9 Å². The second kappa shape index (κ2) is 6.37. The molecule has 0 N–H and O–H groups in total. The highest BCUT2D eigenvalue weighted by atomic mass is 32.2. The number of ether oxygens (including phenoxy) is 1. The third-order valence-corrected chi connectivity index (χ3v) is 6.64. The first-order valence-corrected chi connectivity index (χ1v) is 9.39. The minimum absolute atomic E-state index is 0.230. The molecule has 23 heavy (non-hydrogen) atoms. The molecule has 2 heterocycles. The van der Waals surface area contributed by atoms with E-state index in [2.05, 4.69) is 0 Å². The van der Waals surface area contributed by atoms with Gasteiger partial charge in [-0.3, -0.25) is 4.31 Å². The number of anilines is 1. The highest BCUT2D eigenvalue weighted by Gasteiger charge is 2.38. The minimum atomic E-state index is -3.61. The molecular weight excluding hydrogens is 319 g/mol. The van der Waals surface area contributed by atoms with Crippen LogP contribution in [0.4, 0.5) is 10.1 Å². The van der Waals surface area contributed by atoms with Crippen LogP contribution in [0.1, 0.15) is 24.0 Å². The zero-order valence-corrected chi connectivity index (χ0v) is 14.4. The Labute approximate surface area is 137 Å². The summed E-state index contributed by atoms with van der Waals surface area (Å²) in [5.74, 6) is -0.0464. The molecule has 1 atom stereocenters. The predicted octanol–water partition coefficient (Wildman–Crippen LogP) is 2.10. The highest BCUT2D eigenvalue weighted by Crippen LogP contribution is 2.34. The lowest BCUT2D eigenvalue weighted by molar-refractivity contribution is 0.157. The first-order valence-electron chi connectivity index (χ1n) is 8.00. The van der Waals surface area contributed by atoms with Crippen molar-refractivity contribution in [2.45, 2.75) is 26.2 Å². The van der Waals surface area contributed by atoms with Gasteiger partial charge in [0.1, 0.15) is 5.82 Å². The van der Waals surface area contributed by atoms with E-state index >= 15 is 0 Å². The summed E-state index contributed by atoms with van der Waals surface area (Å²) in [4.78, 5) is 0. The molecule has 0 aliphatic carbocycles. The zero-order chi connectivity index (χ0) is 16.6. The fourth-order valence-corrected chi connectivity index (χ4v) is 5.27. The summed E-state index contributed by atoms with van der Waals surface area (Å²) < 4.78 is 48.3. The maximum absolute atomic E-state index is 14.3. The molecule has 2 aliphatic heterocycles. The maximum Gasteiger partial charge on any atom is 0.304 e. The summed E-state index contributed by atoms with van der Waals surface area (Å²) in [5.41, 5.74) is 1.58. The van der Waals surface area contributed by atoms with Crippen LogP contribution in [0.15, 0.2) is 12.1 Å². The van der Waals surface area contributed by atoms with Gasteiger partial charge in [-0.2, -0.15) is 12.7 Å². The predicted molar refractivity (Wildman–Crippen MR) is 87.3 cm³/mol. The van der Waals surface area contributed by atoms with Crippen LogP contribution in [-0.2, 0) is 21.4 Å². The summed E-state index contributed by atoms with van der Waals surface area (Å²) in [5, 5.41) is 0. The number of halogens is 1. The highest BCUT2D eigenvalue weighted by molar-refractivity contribution is 7.90. The molecule has 1 aromatic rings. The third-order valence-electron chi connectivity index (χ3n) is 4.72. The normalized spacial score (nSPS) is 22.4. The van der Waals surface area contributed by atoms with Gasteiger partial charge in [-0.1, -0.05) is 6.07 Å². The molecule has 1 fully saturated rings.